The summed E-state index contributed by atoms with van der Waals surface area (Å²) in [6.45, 7) is 0. The molecular formula is C4H5N3OS. The van der Waals surface area contributed by atoms with E-state index in [-0.39, 0.29) is 0 Å². The van der Waals surface area contributed by atoms with Gasteiger partial charge in [-0.25, -0.2) is 4.40 Å². The van der Waals surface area contributed by atoms with Crippen molar-refractivity contribution in [3.05, 3.63) is 11.8 Å². The van der Waals surface area contributed by atoms with Crippen molar-refractivity contribution in [1.82, 2.24) is 4.72 Å². The predicted molar refractivity (Wildman–Crippen MR) is 36.5 cm³/mol. The molecule has 0 atom stereocenters. The minimum absolute atomic E-state index is 0.384. The van der Waals surface area contributed by atoms with Crippen LogP contribution in [-0.2, 0) is 4.79 Å². The minimum Gasteiger partial charge on any atom is -0.364 e. The first-order valence-electron chi connectivity index (χ1n) is 2.26. The molecule has 0 unspecified atom stereocenters. The van der Waals surface area contributed by atoms with Crippen molar-refractivity contribution in [2.45, 2.75) is 0 Å². The summed E-state index contributed by atoms with van der Waals surface area (Å²) in [5, 5.41) is 0. The summed E-state index contributed by atoms with van der Waals surface area (Å²) in [4.78, 5) is 10.4. The molecule has 48 valence electrons. The molecule has 1 aliphatic rings. The van der Waals surface area contributed by atoms with E-state index in [9.17, 15) is 4.79 Å². The Bertz CT molecular complexity index is 186. The molecule has 0 aromatic heterocycles. The zero-order valence-electron chi connectivity index (χ0n) is 4.50. The van der Waals surface area contributed by atoms with E-state index < -0.39 is 5.91 Å². The normalized spacial score (nSPS) is 16.2. The zero-order chi connectivity index (χ0) is 6.69. The maximum absolute atomic E-state index is 10.4. The number of hydrogen-bond donors (Lipinski definition) is 2. The van der Waals surface area contributed by atoms with Gasteiger partial charge in [0.25, 0.3) is 5.91 Å². The Labute approximate surface area is 56.5 Å². The molecule has 0 radical (unpaired) electrons. The summed E-state index contributed by atoms with van der Waals surface area (Å²) in [6, 6.07) is 0. The summed E-state index contributed by atoms with van der Waals surface area (Å²) in [5.41, 5.74) is 5.31. The molecule has 1 rings (SSSR count). The van der Waals surface area contributed by atoms with Gasteiger partial charge in [-0.2, -0.15) is 0 Å². The monoisotopic (exact) mass is 143 g/mol. The number of allylic oxidation sites excluding steroid dienone is 1. The molecule has 0 aromatic rings. The van der Waals surface area contributed by atoms with Gasteiger partial charge in [0.2, 0.25) is 0 Å². The lowest BCUT2D eigenvalue weighted by molar-refractivity contribution is -0.114. The van der Waals surface area contributed by atoms with Crippen LogP contribution in [0.2, 0.25) is 0 Å². The molecule has 9 heavy (non-hydrogen) atoms. The number of nitrogens with one attached hydrogen (secondary N) is 1. The quantitative estimate of drug-likeness (QED) is 0.490. The van der Waals surface area contributed by atoms with Gasteiger partial charge in [0.05, 0.1) is 12.1 Å². The van der Waals surface area contributed by atoms with Crippen LogP contribution in [0.3, 0.4) is 0 Å². The van der Waals surface area contributed by atoms with Crippen molar-refractivity contribution in [2.75, 3.05) is 0 Å². The SMILES string of the molecule is NC(=O)C1=CC=NSN1. The number of nitrogens with two attached hydrogens (primary N) is 1. The maximum Gasteiger partial charge on any atom is 0.265 e. The van der Waals surface area contributed by atoms with E-state index in [1.165, 1.54) is 12.3 Å². The third-order valence-electron chi connectivity index (χ3n) is 0.776. The number of carbonyl (C=O) groups excluding carboxylic acids is 1. The Hall–Kier alpha value is -0.970. The molecule has 5 heteroatoms. The van der Waals surface area contributed by atoms with Crippen molar-refractivity contribution >= 4 is 24.3 Å². The molecule has 0 fully saturated rings. The van der Waals surface area contributed by atoms with Gasteiger partial charge in [-0.3, -0.25) is 4.79 Å². The Morgan fingerprint density at radius 3 is 3.00 bits per heavy atom. The van der Waals surface area contributed by atoms with E-state index in [4.69, 9.17) is 5.73 Å². The zero-order valence-corrected chi connectivity index (χ0v) is 5.31. The highest BCUT2D eigenvalue weighted by Crippen LogP contribution is 2.03. The largest absolute Gasteiger partial charge is 0.364 e. The van der Waals surface area contributed by atoms with Gasteiger partial charge in [0, 0.05) is 6.21 Å². The van der Waals surface area contributed by atoms with Gasteiger partial charge in [-0.05, 0) is 6.08 Å². The average molecular weight is 143 g/mol. The van der Waals surface area contributed by atoms with Crippen molar-refractivity contribution in [3.63, 3.8) is 0 Å². The first kappa shape index (κ1) is 6.15. The molecule has 0 bridgehead atoms. The van der Waals surface area contributed by atoms with Crippen LogP contribution in [0, 0.1) is 0 Å². The van der Waals surface area contributed by atoms with Crippen molar-refractivity contribution < 1.29 is 4.79 Å². The van der Waals surface area contributed by atoms with Crippen LogP contribution in [0.25, 0.3) is 0 Å². The number of primary amides is 1. The first-order valence-corrected chi connectivity index (χ1v) is 3.03. The van der Waals surface area contributed by atoms with E-state index in [1.807, 2.05) is 0 Å². The fraction of sp³-hybridized carbons (Fsp3) is 0. The van der Waals surface area contributed by atoms with Crippen LogP contribution in [-0.4, -0.2) is 12.1 Å². The minimum atomic E-state index is -0.464. The predicted octanol–water partition coefficient (Wildman–Crippen LogP) is -0.407. The van der Waals surface area contributed by atoms with Gasteiger partial charge in [-0.1, -0.05) is 0 Å². The summed E-state index contributed by atoms with van der Waals surface area (Å²) in [7, 11) is 0. The van der Waals surface area contributed by atoms with Gasteiger partial charge in [0.15, 0.2) is 0 Å². The van der Waals surface area contributed by atoms with Crippen LogP contribution in [0.5, 0.6) is 0 Å². The number of rotatable bonds is 1. The Balaban J connectivity index is 2.68. The Morgan fingerprint density at radius 1 is 1.89 bits per heavy atom. The lowest BCUT2D eigenvalue weighted by atomic mass is 10.4. The van der Waals surface area contributed by atoms with Gasteiger partial charge in [-0.15, -0.1) is 0 Å². The standard InChI is InChI=1S/C4H5N3OS/c5-4(8)3-1-2-6-9-7-3/h1-2,7H,(H2,5,8). The third-order valence-corrected chi connectivity index (χ3v) is 1.31. The van der Waals surface area contributed by atoms with Crippen molar-refractivity contribution in [3.8, 4) is 0 Å². The maximum atomic E-state index is 10.4. The summed E-state index contributed by atoms with van der Waals surface area (Å²) >= 11 is 1.08. The van der Waals surface area contributed by atoms with E-state index in [0.29, 0.717) is 5.70 Å². The lowest BCUT2D eigenvalue weighted by Crippen LogP contribution is -2.22. The van der Waals surface area contributed by atoms with Crippen LogP contribution in [0.1, 0.15) is 0 Å². The smallest absolute Gasteiger partial charge is 0.265 e. The van der Waals surface area contributed by atoms with Gasteiger partial charge >= 0.3 is 0 Å². The number of amides is 1. The summed E-state index contributed by atoms with van der Waals surface area (Å²) in [6.07, 6.45) is 3.04. The first-order chi connectivity index (χ1) is 4.30. The molecule has 4 nitrogen and oxygen atoms in total. The number of hydrogen-bond acceptors (Lipinski definition) is 4. The molecule has 3 N–H and O–H groups in total. The molecule has 1 amide bonds. The van der Waals surface area contributed by atoms with Crippen LogP contribution in [0.4, 0.5) is 0 Å². The van der Waals surface area contributed by atoms with Gasteiger partial charge in [0.1, 0.15) is 5.70 Å². The second-order valence-electron chi connectivity index (χ2n) is 1.39. The lowest BCUT2D eigenvalue weighted by Gasteiger charge is -2.03. The molecule has 0 saturated heterocycles. The highest BCUT2D eigenvalue weighted by molar-refractivity contribution is 7.96. The fourth-order valence-electron chi connectivity index (χ4n) is 0.377. The van der Waals surface area contributed by atoms with Gasteiger partial charge < -0.3 is 10.5 Å². The van der Waals surface area contributed by atoms with Crippen LogP contribution >= 0.6 is 12.1 Å². The highest BCUT2D eigenvalue weighted by Gasteiger charge is 2.04. The Morgan fingerprint density at radius 2 is 2.67 bits per heavy atom. The number of carbonyl (C=O) groups is 1. The summed E-state index contributed by atoms with van der Waals surface area (Å²) < 4.78 is 6.33. The topological polar surface area (TPSA) is 67.5 Å². The second kappa shape index (κ2) is 2.54. The second-order valence-corrected chi connectivity index (χ2v) is 1.99. The van der Waals surface area contributed by atoms with Crippen LogP contribution < -0.4 is 10.5 Å². The molecule has 0 spiro atoms. The molecule has 1 heterocycles. The van der Waals surface area contributed by atoms with E-state index in [0.717, 1.165) is 12.1 Å². The number of nitrogens with zero attached hydrogens (tertiary/aromatic N) is 1. The molecule has 0 aromatic carbocycles. The van der Waals surface area contributed by atoms with E-state index in [2.05, 4.69) is 9.12 Å². The molecule has 1 aliphatic heterocycles. The molecule has 0 saturated carbocycles. The van der Waals surface area contributed by atoms with Crippen molar-refractivity contribution in [1.29, 1.82) is 0 Å². The van der Waals surface area contributed by atoms with E-state index in [1.54, 1.807) is 0 Å². The third kappa shape index (κ3) is 1.46. The Kier molecular flexibility index (Phi) is 1.74. The average Bonchev–Trinajstić information content (AvgIpc) is 1.90. The van der Waals surface area contributed by atoms with Crippen LogP contribution in [0.15, 0.2) is 16.2 Å². The summed E-state index contributed by atoms with van der Waals surface area (Å²) in [5.74, 6) is -0.464. The highest BCUT2D eigenvalue weighted by atomic mass is 32.2. The van der Waals surface area contributed by atoms with E-state index >= 15 is 0 Å². The molecular weight excluding hydrogens is 138 g/mol. The fourth-order valence-corrected chi connectivity index (χ4v) is 0.819. The molecule has 0 aliphatic carbocycles. The van der Waals surface area contributed by atoms with Crippen molar-refractivity contribution in [2.24, 2.45) is 10.1 Å².